The summed E-state index contributed by atoms with van der Waals surface area (Å²) in [5.74, 6) is 0.539. The second kappa shape index (κ2) is 9.10. The summed E-state index contributed by atoms with van der Waals surface area (Å²) in [4.78, 5) is 11.8. The van der Waals surface area contributed by atoms with Crippen molar-refractivity contribution in [1.82, 2.24) is 5.43 Å². The van der Waals surface area contributed by atoms with Crippen molar-refractivity contribution in [2.24, 2.45) is 5.10 Å². The number of aryl methyl sites for hydroxylation is 1. The summed E-state index contributed by atoms with van der Waals surface area (Å²) in [5.41, 5.74) is 4.03. The van der Waals surface area contributed by atoms with Crippen LogP contribution in [0.2, 0.25) is 0 Å². The molecule has 2 rings (SSSR count). The largest absolute Gasteiger partial charge is 0.502 e. The van der Waals surface area contributed by atoms with Crippen LogP contribution in [0.25, 0.3) is 0 Å². The van der Waals surface area contributed by atoms with Crippen molar-refractivity contribution >= 4 is 28.1 Å². The second-order valence-corrected chi connectivity index (χ2v) is 6.14. The summed E-state index contributed by atoms with van der Waals surface area (Å²) < 4.78 is 16.3. The van der Waals surface area contributed by atoms with Crippen LogP contribution in [0.5, 0.6) is 23.0 Å². The summed E-state index contributed by atoms with van der Waals surface area (Å²) in [6.07, 6.45) is 1.41. The lowest BCUT2D eigenvalue weighted by Crippen LogP contribution is -2.24. The van der Waals surface area contributed by atoms with Gasteiger partial charge in [0, 0.05) is 5.56 Å². The van der Waals surface area contributed by atoms with Crippen molar-refractivity contribution < 1.29 is 24.1 Å². The number of ether oxygens (including phenoxy) is 3. The first-order valence-corrected chi connectivity index (χ1v) is 8.39. The Morgan fingerprint density at radius 2 is 1.85 bits per heavy atom. The van der Waals surface area contributed by atoms with Crippen LogP contribution >= 0.6 is 15.9 Å². The molecule has 0 bridgehead atoms. The fourth-order valence-corrected chi connectivity index (χ4v) is 2.67. The van der Waals surface area contributed by atoms with E-state index >= 15 is 0 Å². The summed E-state index contributed by atoms with van der Waals surface area (Å²) in [7, 11) is 2.86. The number of methoxy groups -OCH3 is 2. The first-order valence-electron chi connectivity index (χ1n) is 7.60. The molecule has 0 aliphatic rings. The molecule has 0 aromatic heterocycles. The van der Waals surface area contributed by atoms with Crippen LogP contribution in [0.4, 0.5) is 0 Å². The molecule has 0 saturated heterocycles. The van der Waals surface area contributed by atoms with Gasteiger partial charge in [-0.25, -0.2) is 5.43 Å². The molecule has 0 saturated carbocycles. The van der Waals surface area contributed by atoms with Gasteiger partial charge in [0.15, 0.2) is 18.1 Å². The summed E-state index contributed by atoms with van der Waals surface area (Å²) >= 11 is 3.38. The molecule has 8 heteroatoms. The van der Waals surface area contributed by atoms with Crippen molar-refractivity contribution in [2.75, 3.05) is 20.8 Å². The highest BCUT2D eigenvalue weighted by molar-refractivity contribution is 9.10. The van der Waals surface area contributed by atoms with Gasteiger partial charge in [0.2, 0.25) is 5.75 Å². The van der Waals surface area contributed by atoms with E-state index in [0.717, 1.165) is 10.0 Å². The Morgan fingerprint density at radius 3 is 2.42 bits per heavy atom. The zero-order chi connectivity index (χ0) is 19.1. The molecule has 2 N–H and O–H groups in total. The average Bonchev–Trinajstić information content (AvgIpc) is 2.62. The number of amides is 1. The fraction of sp³-hybridized carbons (Fsp3) is 0.222. The lowest BCUT2D eigenvalue weighted by molar-refractivity contribution is -0.123. The minimum absolute atomic E-state index is 0.103. The number of hydrogen-bond donors (Lipinski definition) is 2. The number of phenolic OH excluding ortho intramolecular Hbond substituents is 1. The van der Waals surface area contributed by atoms with Gasteiger partial charge in [-0.15, -0.1) is 0 Å². The van der Waals surface area contributed by atoms with Crippen LogP contribution in [0.1, 0.15) is 11.1 Å². The highest BCUT2D eigenvalue weighted by Crippen LogP contribution is 2.36. The fourth-order valence-electron chi connectivity index (χ4n) is 2.07. The van der Waals surface area contributed by atoms with E-state index in [1.165, 1.54) is 20.4 Å². The van der Waals surface area contributed by atoms with E-state index in [2.05, 4.69) is 26.5 Å². The first-order chi connectivity index (χ1) is 12.4. The molecule has 0 unspecified atom stereocenters. The van der Waals surface area contributed by atoms with Gasteiger partial charge >= 0.3 is 0 Å². The van der Waals surface area contributed by atoms with Gasteiger partial charge in [0.05, 0.1) is 24.9 Å². The summed E-state index contributed by atoms with van der Waals surface area (Å²) in [5, 5.41) is 13.7. The van der Waals surface area contributed by atoms with E-state index in [1.54, 1.807) is 18.2 Å². The van der Waals surface area contributed by atoms with Crippen molar-refractivity contribution in [1.29, 1.82) is 0 Å². The standard InChI is InChI=1S/C18H19BrN2O5/c1-11-4-5-14(13(19)6-11)26-10-17(22)21-20-9-12-7-15(24-2)18(23)16(8-12)25-3/h4-9,23H,10H2,1-3H3,(H,21,22)/b20-9-. The Kier molecular flexibility index (Phi) is 6.85. The third kappa shape index (κ3) is 5.13. The maximum Gasteiger partial charge on any atom is 0.277 e. The first kappa shape index (κ1) is 19.6. The van der Waals surface area contributed by atoms with Crippen LogP contribution in [-0.2, 0) is 4.79 Å². The van der Waals surface area contributed by atoms with Gasteiger partial charge in [-0.05, 0) is 52.7 Å². The minimum Gasteiger partial charge on any atom is -0.502 e. The molecular formula is C18H19BrN2O5. The normalized spacial score (nSPS) is 10.6. The van der Waals surface area contributed by atoms with Gasteiger partial charge in [-0.3, -0.25) is 4.79 Å². The molecule has 0 fully saturated rings. The van der Waals surface area contributed by atoms with E-state index in [1.807, 2.05) is 19.1 Å². The maximum atomic E-state index is 11.8. The summed E-state index contributed by atoms with van der Waals surface area (Å²) in [6, 6.07) is 8.70. The predicted octanol–water partition coefficient (Wildman–Crippen LogP) is 3.01. The van der Waals surface area contributed by atoms with Gasteiger partial charge in [-0.1, -0.05) is 6.07 Å². The van der Waals surface area contributed by atoms with Crippen LogP contribution in [0.3, 0.4) is 0 Å². The molecule has 0 aliphatic carbocycles. The van der Waals surface area contributed by atoms with Gasteiger partial charge in [0.25, 0.3) is 5.91 Å². The van der Waals surface area contributed by atoms with Crippen molar-refractivity contribution in [3.05, 3.63) is 45.9 Å². The number of hydrazone groups is 1. The van der Waals surface area contributed by atoms with E-state index in [9.17, 15) is 9.90 Å². The van der Waals surface area contributed by atoms with Crippen LogP contribution in [0.15, 0.2) is 39.9 Å². The van der Waals surface area contributed by atoms with Crippen LogP contribution in [-0.4, -0.2) is 38.1 Å². The number of rotatable bonds is 7. The van der Waals surface area contributed by atoms with Gasteiger partial charge in [-0.2, -0.15) is 5.10 Å². The average molecular weight is 423 g/mol. The lowest BCUT2D eigenvalue weighted by atomic mass is 10.2. The maximum absolute atomic E-state index is 11.8. The number of carbonyl (C=O) groups excluding carboxylic acids is 1. The molecule has 26 heavy (non-hydrogen) atoms. The number of aromatic hydroxyl groups is 1. The highest BCUT2D eigenvalue weighted by Gasteiger charge is 2.10. The number of benzene rings is 2. The Labute approximate surface area is 159 Å². The zero-order valence-electron chi connectivity index (χ0n) is 14.6. The van der Waals surface area contributed by atoms with Crippen molar-refractivity contribution in [3.63, 3.8) is 0 Å². The molecule has 2 aromatic carbocycles. The SMILES string of the molecule is COc1cc(/C=N\NC(=O)COc2ccc(C)cc2Br)cc(OC)c1O. The number of nitrogens with zero attached hydrogens (tertiary/aromatic N) is 1. The number of nitrogens with one attached hydrogen (secondary N) is 1. The van der Waals surface area contributed by atoms with Gasteiger partial charge in [0.1, 0.15) is 5.75 Å². The number of halogens is 1. The molecule has 0 atom stereocenters. The molecule has 0 spiro atoms. The zero-order valence-corrected chi connectivity index (χ0v) is 16.2. The van der Waals surface area contributed by atoms with Gasteiger partial charge < -0.3 is 19.3 Å². The topological polar surface area (TPSA) is 89.4 Å². The number of hydrogen-bond acceptors (Lipinski definition) is 6. The lowest BCUT2D eigenvalue weighted by Gasteiger charge is -2.09. The van der Waals surface area contributed by atoms with Crippen LogP contribution < -0.4 is 19.6 Å². The third-order valence-corrected chi connectivity index (χ3v) is 3.97. The second-order valence-electron chi connectivity index (χ2n) is 5.29. The minimum atomic E-state index is -0.411. The Balaban J connectivity index is 1.94. The van der Waals surface area contributed by atoms with E-state index in [0.29, 0.717) is 11.3 Å². The molecule has 7 nitrogen and oxygen atoms in total. The molecule has 138 valence electrons. The van der Waals surface area contributed by atoms with E-state index in [4.69, 9.17) is 14.2 Å². The highest BCUT2D eigenvalue weighted by atomic mass is 79.9. The summed E-state index contributed by atoms with van der Waals surface area (Å²) in [6.45, 7) is 1.78. The van der Waals surface area contributed by atoms with Crippen molar-refractivity contribution in [2.45, 2.75) is 6.92 Å². The molecule has 0 heterocycles. The molecule has 2 aromatic rings. The molecule has 0 radical (unpaired) electrons. The smallest absolute Gasteiger partial charge is 0.277 e. The van der Waals surface area contributed by atoms with E-state index in [-0.39, 0.29) is 23.9 Å². The Bertz CT molecular complexity index is 798. The quantitative estimate of drug-likeness (QED) is 0.528. The predicted molar refractivity (Wildman–Crippen MR) is 101 cm³/mol. The number of phenols is 1. The van der Waals surface area contributed by atoms with Crippen LogP contribution in [0, 0.1) is 6.92 Å². The molecule has 0 aliphatic heterocycles. The Hall–Kier alpha value is -2.74. The molecule has 1 amide bonds. The van der Waals surface area contributed by atoms with Crippen molar-refractivity contribution in [3.8, 4) is 23.0 Å². The number of carbonyl (C=O) groups is 1. The van der Waals surface area contributed by atoms with E-state index < -0.39 is 5.91 Å². The monoisotopic (exact) mass is 422 g/mol. The molecular weight excluding hydrogens is 404 g/mol. The third-order valence-electron chi connectivity index (χ3n) is 3.35. The Morgan fingerprint density at radius 1 is 1.19 bits per heavy atom.